The van der Waals surface area contributed by atoms with E-state index in [1.807, 2.05) is 0 Å². The third kappa shape index (κ3) is 0.780. The van der Waals surface area contributed by atoms with Crippen molar-refractivity contribution in [3.8, 4) is 0 Å². The van der Waals surface area contributed by atoms with Gasteiger partial charge < -0.3 is 5.11 Å². The standard InChI is InChI=1S/C6H6O2/c7-6(8)5-3-1-2-4-5/h1-5H,(H,7,8). The van der Waals surface area contributed by atoms with Crippen LogP contribution >= 0.6 is 0 Å². The number of rotatable bonds is 1. The average molecular weight is 110 g/mol. The maximum atomic E-state index is 10.1. The molecule has 0 bridgehead atoms. The Morgan fingerprint density at radius 1 is 1.38 bits per heavy atom. The Hall–Kier alpha value is -1.05. The fourth-order valence-corrected chi connectivity index (χ4v) is 0.596. The van der Waals surface area contributed by atoms with Crippen LogP contribution in [0.15, 0.2) is 24.3 Å². The molecule has 42 valence electrons. The molecule has 0 atom stereocenters. The van der Waals surface area contributed by atoms with Crippen molar-refractivity contribution in [2.24, 2.45) is 5.92 Å². The van der Waals surface area contributed by atoms with E-state index in [4.69, 9.17) is 5.11 Å². The minimum Gasteiger partial charge on any atom is -0.481 e. The summed E-state index contributed by atoms with van der Waals surface area (Å²) in [6.45, 7) is 0. The Labute approximate surface area is 47.1 Å². The van der Waals surface area contributed by atoms with Gasteiger partial charge in [-0.15, -0.1) is 0 Å². The molecule has 0 saturated carbocycles. The van der Waals surface area contributed by atoms with Crippen LogP contribution < -0.4 is 0 Å². The Morgan fingerprint density at radius 3 is 2.12 bits per heavy atom. The highest BCUT2D eigenvalue weighted by atomic mass is 16.4. The van der Waals surface area contributed by atoms with Gasteiger partial charge in [0.1, 0.15) is 0 Å². The largest absolute Gasteiger partial charge is 0.481 e. The number of allylic oxidation sites excluding steroid dienone is 2. The zero-order valence-corrected chi connectivity index (χ0v) is 4.24. The van der Waals surface area contributed by atoms with Crippen LogP contribution in [-0.4, -0.2) is 11.1 Å². The van der Waals surface area contributed by atoms with Gasteiger partial charge in [-0.25, -0.2) is 0 Å². The van der Waals surface area contributed by atoms with Gasteiger partial charge >= 0.3 is 5.97 Å². The van der Waals surface area contributed by atoms with E-state index in [-0.39, 0.29) is 5.92 Å². The Kier molecular flexibility index (Phi) is 1.16. The van der Waals surface area contributed by atoms with Crippen molar-refractivity contribution >= 4 is 5.97 Å². The van der Waals surface area contributed by atoms with Crippen molar-refractivity contribution in [3.63, 3.8) is 0 Å². The molecule has 0 fully saturated rings. The zero-order chi connectivity index (χ0) is 5.98. The van der Waals surface area contributed by atoms with Gasteiger partial charge in [0.25, 0.3) is 0 Å². The number of carboxylic acids is 1. The Balaban J connectivity index is 2.62. The van der Waals surface area contributed by atoms with Gasteiger partial charge in [0.15, 0.2) is 0 Å². The quantitative estimate of drug-likeness (QED) is 0.542. The van der Waals surface area contributed by atoms with E-state index in [0.29, 0.717) is 0 Å². The summed E-state index contributed by atoms with van der Waals surface area (Å²) in [7, 11) is 0. The molecule has 8 heavy (non-hydrogen) atoms. The first-order valence-corrected chi connectivity index (χ1v) is 2.38. The van der Waals surface area contributed by atoms with Crippen molar-refractivity contribution < 1.29 is 9.90 Å². The van der Waals surface area contributed by atoms with Crippen molar-refractivity contribution in [3.05, 3.63) is 24.3 Å². The molecule has 0 aromatic heterocycles. The SMILES string of the molecule is O=C(O)C1C=CC=C1. The highest BCUT2D eigenvalue weighted by Gasteiger charge is 2.10. The molecule has 0 aliphatic heterocycles. The molecule has 1 aliphatic carbocycles. The Morgan fingerprint density at radius 2 is 1.88 bits per heavy atom. The minimum atomic E-state index is -0.782. The van der Waals surface area contributed by atoms with Crippen LogP contribution in [0.4, 0.5) is 0 Å². The first-order valence-electron chi connectivity index (χ1n) is 2.38. The van der Waals surface area contributed by atoms with Crippen LogP contribution in [0.1, 0.15) is 0 Å². The lowest BCUT2D eigenvalue weighted by Crippen LogP contribution is -2.05. The summed E-state index contributed by atoms with van der Waals surface area (Å²) in [4.78, 5) is 10.1. The number of hydrogen-bond donors (Lipinski definition) is 1. The van der Waals surface area contributed by atoms with Crippen LogP contribution in [0.5, 0.6) is 0 Å². The molecule has 0 heterocycles. The molecule has 1 aliphatic rings. The van der Waals surface area contributed by atoms with Crippen LogP contribution in [-0.2, 0) is 4.79 Å². The van der Waals surface area contributed by atoms with Crippen molar-refractivity contribution in [1.82, 2.24) is 0 Å². The molecule has 0 unspecified atom stereocenters. The van der Waals surface area contributed by atoms with Gasteiger partial charge in [-0.05, 0) is 0 Å². The highest BCUT2D eigenvalue weighted by molar-refractivity contribution is 5.75. The van der Waals surface area contributed by atoms with Crippen LogP contribution in [0, 0.1) is 5.92 Å². The molecular formula is C6H6O2. The predicted octanol–water partition coefficient (Wildman–Crippen LogP) is 0.813. The van der Waals surface area contributed by atoms with Gasteiger partial charge in [-0.2, -0.15) is 0 Å². The maximum Gasteiger partial charge on any atom is 0.314 e. The highest BCUT2D eigenvalue weighted by Crippen LogP contribution is 2.07. The zero-order valence-electron chi connectivity index (χ0n) is 4.24. The van der Waals surface area contributed by atoms with Crippen LogP contribution in [0.3, 0.4) is 0 Å². The number of hydrogen-bond acceptors (Lipinski definition) is 1. The average Bonchev–Trinajstić information content (AvgIpc) is 2.12. The van der Waals surface area contributed by atoms with Gasteiger partial charge in [-0.3, -0.25) is 4.79 Å². The Bertz CT molecular complexity index is 144. The lowest BCUT2D eigenvalue weighted by Gasteiger charge is -1.91. The van der Waals surface area contributed by atoms with E-state index in [2.05, 4.69) is 0 Å². The lowest BCUT2D eigenvalue weighted by atomic mass is 10.2. The van der Waals surface area contributed by atoms with Gasteiger partial charge in [-0.1, -0.05) is 24.3 Å². The summed E-state index contributed by atoms with van der Waals surface area (Å²) in [5.41, 5.74) is 0. The molecule has 0 radical (unpaired) electrons. The normalized spacial score (nSPS) is 17.5. The fraction of sp³-hybridized carbons (Fsp3) is 0.167. The monoisotopic (exact) mass is 110 g/mol. The van der Waals surface area contributed by atoms with Crippen LogP contribution in [0.25, 0.3) is 0 Å². The second-order valence-electron chi connectivity index (χ2n) is 1.63. The molecule has 2 nitrogen and oxygen atoms in total. The van der Waals surface area contributed by atoms with E-state index >= 15 is 0 Å². The summed E-state index contributed by atoms with van der Waals surface area (Å²) in [5.74, 6) is -1.16. The molecule has 0 aromatic rings. The first-order chi connectivity index (χ1) is 3.80. The van der Waals surface area contributed by atoms with Gasteiger partial charge in [0.05, 0.1) is 5.92 Å². The van der Waals surface area contributed by atoms with Crippen molar-refractivity contribution in [1.29, 1.82) is 0 Å². The lowest BCUT2D eigenvalue weighted by molar-refractivity contribution is -0.138. The molecule has 0 saturated heterocycles. The molecule has 0 spiro atoms. The summed E-state index contributed by atoms with van der Waals surface area (Å²) >= 11 is 0. The van der Waals surface area contributed by atoms with Crippen molar-refractivity contribution in [2.75, 3.05) is 0 Å². The van der Waals surface area contributed by atoms with E-state index in [0.717, 1.165) is 0 Å². The topological polar surface area (TPSA) is 37.3 Å². The fourth-order valence-electron chi connectivity index (χ4n) is 0.596. The summed E-state index contributed by atoms with van der Waals surface area (Å²) < 4.78 is 0. The van der Waals surface area contributed by atoms with Gasteiger partial charge in [0.2, 0.25) is 0 Å². The third-order valence-electron chi connectivity index (χ3n) is 1.03. The molecular weight excluding hydrogens is 104 g/mol. The summed E-state index contributed by atoms with van der Waals surface area (Å²) in [6.07, 6.45) is 6.75. The number of carboxylic acid groups (broad SMARTS) is 1. The predicted molar refractivity (Wildman–Crippen MR) is 29.4 cm³/mol. The van der Waals surface area contributed by atoms with E-state index in [9.17, 15) is 4.79 Å². The first kappa shape index (κ1) is 5.09. The van der Waals surface area contributed by atoms with Crippen molar-refractivity contribution in [2.45, 2.75) is 0 Å². The van der Waals surface area contributed by atoms with E-state index < -0.39 is 5.97 Å². The molecule has 0 aromatic carbocycles. The summed E-state index contributed by atoms with van der Waals surface area (Å²) in [6, 6.07) is 0. The molecule has 1 N–H and O–H groups in total. The van der Waals surface area contributed by atoms with Gasteiger partial charge in [0, 0.05) is 0 Å². The van der Waals surface area contributed by atoms with Crippen LogP contribution in [0.2, 0.25) is 0 Å². The molecule has 1 rings (SSSR count). The second kappa shape index (κ2) is 1.82. The smallest absolute Gasteiger partial charge is 0.314 e. The number of aliphatic carboxylic acids is 1. The third-order valence-corrected chi connectivity index (χ3v) is 1.03. The minimum absolute atomic E-state index is 0.380. The second-order valence-corrected chi connectivity index (χ2v) is 1.63. The summed E-state index contributed by atoms with van der Waals surface area (Å²) in [5, 5.41) is 8.31. The van der Waals surface area contributed by atoms with E-state index in [1.165, 1.54) is 0 Å². The molecule has 2 heteroatoms. The molecule has 0 amide bonds. The number of carbonyl (C=O) groups is 1. The maximum absolute atomic E-state index is 10.1. The van der Waals surface area contributed by atoms with E-state index in [1.54, 1.807) is 24.3 Å².